The molecule has 2 heterocycles. The van der Waals surface area contributed by atoms with E-state index in [2.05, 4.69) is 0 Å². The van der Waals surface area contributed by atoms with Crippen LogP contribution in [0.1, 0.15) is 30.5 Å². The topological polar surface area (TPSA) is 38.7 Å². The van der Waals surface area contributed by atoms with Gasteiger partial charge in [0.1, 0.15) is 11.5 Å². The van der Waals surface area contributed by atoms with Crippen LogP contribution in [0.5, 0.6) is 11.5 Å². The van der Waals surface area contributed by atoms with E-state index >= 15 is 0 Å². The zero-order valence-corrected chi connectivity index (χ0v) is 10.7. The van der Waals surface area contributed by atoms with Crippen molar-refractivity contribution in [2.45, 2.75) is 32.3 Å². The number of fused-ring (bicyclic) bond motifs is 2. The SMILES string of the molecule is CC(C)(O)c1c2c(c(Cl)c3c1OCC3)OCC2. The predicted molar refractivity (Wildman–Crippen MR) is 65.1 cm³/mol. The third-order valence-electron chi connectivity index (χ3n) is 3.35. The van der Waals surface area contributed by atoms with Crippen LogP contribution < -0.4 is 9.47 Å². The van der Waals surface area contributed by atoms with Gasteiger partial charge in [-0.3, -0.25) is 0 Å². The van der Waals surface area contributed by atoms with Gasteiger partial charge in [-0.25, -0.2) is 0 Å². The molecule has 2 aliphatic rings. The summed E-state index contributed by atoms with van der Waals surface area (Å²) in [7, 11) is 0. The molecule has 3 rings (SSSR count). The molecular weight excluding hydrogens is 240 g/mol. The van der Waals surface area contributed by atoms with Crippen LogP contribution in [-0.2, 0) is 18.4 Å². The van der Waals surface area contributed by atoms with Gasteiger partial charge in [0.25, 0.3) is 0 Å². The largest absolute Gasteiger partial charge is 0.492 e. The van der Waals surface area contributed by atoms with Crippen molar-refractivity contribution in [3.63, 3.8) is 0 Å². The normalized spacial score (nSPS) is 17.4. The summed E-state index contributed by atoms with van der Waals surface area (Å²) >= 11 is 6.34. The van der Waals surface area contributed by atoms with Gasteiger partial charge in [-0.1, -0.05) is 11.6 Å². The quantitative estimate of drug-likeness (QED) is 0.837. The van der Waals surface area contributed by atoms with Gasteiger partial charge in [0.05, 0.1) is 23.8 Å². The van der Waals surface area contributed by atoms with Gasteiger partial charge in [-0.05, 0) is 13.8 Å². The first kappa shape index (κ1) is 11.2. The molecule has 0 radical (unpaired) electrons. The van der Waals surface area contributed by atoms with E-state index in [1.807, 2.05) is 0 Å². The molecular formula is C13H15ClO3. The van der Waals surface area contributed by atoms with Crippen molar-refractivity contribution in [3.05, 3.63) is 21.7 Å². The Morgan fingerprint density at radius 2 is 1.65 bits per heavy atom. The molecule has 1 aromatic carbocycles. The van der Waals surface area contributed by atoms with Crippen LogP contribution in [0.3, 0.4) is 0 Å². The molecule has 0 bridgehead atoms. The van der Waals surface area contributed by atoms with E-state index in [1.165, 1.54) is 0 Å². The molecule has 1 N–H and O–H groups in total. The van der Waals surface area contributed by atoms with Crippen molar-refractivity contribution in [1.82, 2.24) is 0 Å². The van der Waals surface area contributed by atoms with E-state index in [9.17, 15) is 5.11 Å². The smallest absolute Gasteiger partial charge is 0.142 e. The van der Waals surface area contributed by atoms with Gasteiger partial charge in [0.2, 0.25) is 0 Å². The molecule has 0 amide bonds. The Morgan fingerprint density at radius 1 is 1.06 bits per heavy atom. The molecule has 0 unspecified atom stereocenters. The second-order valence-corrected chi connectivity index (χ2v) is 5.44. The predicted octanol–water partition coefficient (Wildman–Crippen LogP) is 2.44. The lowest BCUT2D eigenvalue weighted by atomic mass is 9.89. The molecule has 4 heteroatoms. The Morgan fingerprint density at radius 3 is 2.29 bits per heavy atom. The summed E-state index contributed by atoms with van der Waals surface area (Å²) in [6, 6.07) is 0. The second kappa shape index (κ2) is 3.53. The van der Waals surface area contributed by atoms with E-state index in [0.29, 0.717) is 18.2 Å². The minimum atomic E-state index is -0.934. The summed E-state index contributed by atoms with van der Waals surface area (Å²) in [5.41, 5.74) is 1.89. The summed E-state index contributed by atoms with van der Waals surface area (Å²) in [6.07, 6.45) is 1.57. The molecule has 3 nitrogen and oxygen atoms in total. The second-order valence-electron chi connectivity index (χ2n) is 5.06. The molecule has 0 fully saturated rings. The molecule has 0 saturated carbocycles. The fraction of sp³-hybridized carbons (Fsp3) is 0.538. The van der Waals surface area contributed by atoms with Crippen molar-refractivity contribution in [2.75, 3.05) is 13.2 Å². The summed E-state index contributed by atoms with van der Waals surface area (Å²) in [6.45, 7) is 4.80. The number of aliphatic hydroxyl groups is 1. The Kier molecular flexibility index (Phi) is 2.32. The summed E-state index contributed by atoms with van der Waals surface area (Å²) in [5, 5.41) is 11.0. The maximum absolute atomic E-state index is 10.3. The number of hydrogen-bond acceptors (Lipinski definition) is 3. The van der Waals surface area contributed by atoms with Gasteiger partial charge in [0, 0.05) is 29.5 Å². The zero-order chi connectivity index (χ0) is 12.2. The zero-order valence-electron chi connectivity index (χ0n) is 9.97. The molecule has 0 aromatic heterocycles. The van der Waals surface area contributed by atoms with Crippen LogP contribution in [-0.4, -0.2) is 18.3 Å². The first-order chi connectivity index (χ1) is 8.00. The Labute approximate surface area is 105 Å². The van der Waals surface area contributed by atoms with Crippen molar-refractivity contribution in [1.29, 1.82) is 0 Å². The molecule has 2 aliphatic heterocycles. The summed E-state index contributed by atoms with van der Waals surface area (Å²) in [4.78, 5) is 0. The first-order valence-corrected chi connectivity index (χ1v) is 6.23. The summed E-state index contributed by atoms with van der Waals surface area (Å²) in [5.74, 6) is 1.51. The van der Waals surface area contributed by atoms with E-state index in [-0.39, 0.29) is 0 Å². The van der Waals surface area contributed by atoms with Crippen LogP contribution in [0.4, 0.5) is 0 Å². The van der Waals surface area contributed by atoms with Crippen LogP contribution in [0.2, 0.25) is 5.02 Å². The minimum absolute atomic E-state index is 0.626. The highest BCUT2D eigenvalue weighted by Crippen LogP contribution is 2.50. The van der Waals surface area contributed by atoms with Gasteiger partial charge < -0.3 is 14.6 Å². The van der Waals surface area contributed by atoms with E-state index in [4.69, 9.17) is 21.1 Å². The highest BCUT2D eigenvalue weighted by molar-refractivity contribution is 6.33. The fourth-order valence-corrected chi connectivity index (χ4v) is 3.05. The Balaban J connectivity index is 2.34. The minimum Gasteiger partial charge on any atom is -0.492 e. The Hall–Kier alpha value is -0.930. The van der Waals surface area contributed by atoms with Gasteiger partial charge in [0.15, 0.2) is 0 Å². The van der Waals surface area contributed by atoms with Crippen molar-refractivity contribution in [2.24, 2.45) is 0 Å². The number of hydrogen-bond donors (Lipinski definition) is 1. The lowest BCUT2D eigenvalue weighted by Gasteiger charge is -2.24. The monoisotopic (exact) mass is 254 g/mol. The van der Waals surface area contributed by atoms with E-state index < -0.39 is 5.60 Å². The maximum atomic E-state index is 10.3. The first-order valence-electron chi connectivity index (χ1n) is 5.86. The molecule has 0 atom stereocenters. The molecule has 17 heavy (non-hydrogen) atoms. The third kappa shape index (κ3) is 1.53. The van der Waals surface area contributed by atoms with Crippen molar-refractivity contribution < 1.29 is 14.6 Å². The van der Waals surface area contributed by atoms with Crippen LogP contribution in [0.25, 0.3) is 0 Å². The lowest BCUT2D eigenvalue weighted by Crippen LogP contribution is -2.19. The molecule has 0 spiro atoms. The fourth-order valence-electron chi connectivity index (χ4n) is 2.70. The lowest BCUT2D eigenvalue weighted by molar-refractivity contribution is 0.0747. The summed E-state index contributed by atoms with van der Waals surface area (Å²) < 4.78 is 11.3. The Bertz CT molecular complexity index is 453. The number of benzene rings is 1. The molecule has 0 saturated heterocycles. The highest BCUT2D eigenvalue weighted by Gasteiger charge is 2.36. The number of rotatable bonds is 1. The van der Waals surface area contributed by atoms with Crippen LogP contribution in [0, 0.1) is 0 Å². The van der Waals surface area contributed by atoms with Crippen LogP contribution in [0.15, 0.2) is 0 Å². The van der Waals surface area contributed by atoms with Gasteiger partial charge in [-0.2, -0.15) is 0 Å². The maximum Gasteiger partial charge on any atom is 0.142 e. The number of ether oxygens (including phenoxy) is 2. The standard InChI is InChI=1S/C13H15ClO3/c1-13(2,15)9-7-3-5-17-12(7)10(14)8-4-6-16-11(8)9/h15H,3-6H2,1-2H3. The number of halogens is 1. The molecule has 92 valence electrons. The van der Waals surface area contributed by atoms with Crippen LogP contribution >= 0.6 is 11.6 Å². The highest BCUT2D eigenvalue weighted by atomic mass is 35.5. The van der Waals surface area contributed by atoms with Crippen molar-refractivity contribution in [3.8, 4) is 11.5 Å². The molecule has 0 aliphatic carbocycles. The average molecular weight is 255 g/mol. The van der Waals surface area contributed by atoms with Crippen molar-refractivity contribution >= 4 is 11.6 Å². The van der Waals surface area contributed by atoms with E-state index in [0.717, 1.165) is 41.0 Å². The van der Waals surface area contributed by atoms with E-state index in [1.54, 1.807) is 13.8 Å². The third-order valence-corrected chi connectivity index (χ3v) is 3.75. The van der Waals surface area contributed by atoms with Gasteiger partial charge in [-0.15, -0.1) is 0 Å². The van der Waals surface area contributed by atoms with Gasteiger partial charge >= 0.3 is 0 Å². The average Bonchev–Trinajstić information content (AvgIpc) is 2.83. The molecule has 1 aromatic rings.